The van der Waals surface area contributed by atoms with Crippen molar-refractivity contribution in [1.82, 2.24) is 0 Å². The number of ketones is 2. The van der Waals surface area contributed by atoms with E-state index in [1.54, 1.807) is 0 Å². The van der Waals surface area contributed by atoms with Gasteiger partial charge in [-0.1, -0.05) is 92.8 Å². The van der Waals surface area contributed by atoms with Crippen LogP contribution in [0.4, 0.5) is 34.1 Å². The van der Waals surface area contributed by atoms with Crippen LogP contribution in [0.15, 0.2) is 105 Å². The third kappa shape index (κ3) is 12.9. The van der Waals surface area contributed by atoms with Crippen LogP contribution < -0.4 is 21.3 Å². The van der Waals surface area contributed by atoms with Crippen LogP contribution in [-0.4, -0.2) is 47.3 Å². The molecule has 0 fully saturated rings. The Labute approximate surface area is 392 Å². The molecule has 0 bridgehead atoms. The number of nitrogens with one attached hydrogen (secondary N) is 4. The molecule has 318 valence electrons. The highest BCUT2D eigenvalue weighted by molar-refractivity contribution is 6.41. The van der Waals surface area contributed by atoms with Gasteiger partial charge in [-0.3, -0.25) is 28.8 Å². The van der Waals surface area contributed by atoms with Crippen LogP contribution in [0.1, 0.15) is 34.6 Å². The lowest BCUT2D eigenvalue weighted by molar-refractivity contribution is -0.127. The summed E-state index contributed by atoms with van der Waals surface area (Å²) in [7, 11) is 0. The van der Waals surface area contributed by atoms with Crippen molar-refractivity contribution in [3.63, 3.8) is 0 Å². The number of hydrogen-bond donors (Lipinski definition) is 4. The minimum absolute atomic E-state index is 0.00559. The third-order valence-electron chi connectivity index (χ3n) is 8.05. The molecule has 5 aromatic rings. The molecule has 4 amide bonds. The molecule has 4 N–H and O–H groups in total. The maximum Gasteiger partial charge on any atom is 0.258 e. The molecular formula is C40H26Cl8N8O6. The molecule has 2 unspecified atom stereocenters. The van der Waals surface area contributed by atoms with Crippen molar-refractivity contribution in [1.29, 1.82) is 0 Å². The lowest BCUT2D eigenvalue weighted by Gasteiger charge is -2.15. The first kappa shape index (κ1) is 47.9. The normalized spacial score (nSPS) is 12.2. The number of azo groups is 2. The molecule has 62 heavy (non-hydrogen) atoms. The number of hydrogen-bond acceptors (Lipinski definition) is 10. The van der Waals surface area contributed by atoms with Gasteiger partial charge in [0.25, 0.3) is 23.6 Å². The molecule has 0 aromatic heterocycles. The van der Waals surface area contributed by atoms with Crippen LogP contribution >= 0.6 is 92.8 Å². The number of amides is 4. The molecule has 0 aliphatic carbocycles. The van der Waals surface area contributed by atoms with Gasteiger partial charge in [-0.25, -0.2) is 0 Å². The molecule has 2 atom stereocenters. The summed E-state index contributed by atoms with van der Waals surface area (Å²) in [5.74, 6) is -4.53. The van der Waals surface area contributed by atoms with Gasteiger partial charge in [-0.2, -0.15) is 20.5 Å². The van der Waals surface area contributed by atoms with Crippen molar-refractivity contribution in [2.75, 3.05) is 21.3 Å². The van der Waals surface area contributed by atoms with E-state index in [0.29, 0.717) is 10.0 Å². The van der Waals surface area contributed by atoms with Crippen molar-refractivity contribution < 1.29 is 28.8 Å². The maximum atomic E-state index is 13.3. The topological polar surface area (TPSA) is 200 Å². The predicted octanol–water partition coefficient (Wildman–Crippen LogP) is 12.8. The summed E-state index contributed by atoms with van der Waals surface area (Å²) in [6.45, 7) is 2.21. The average Bonchev–Trinajstić information content (AvgIpc) is 3.17. The molecule has 0 saturated carbocycles. The molecule has 5 aromatic carbocycles. The molecule has 0 spiro atoms. The summed E-state index contributed by atoms with van der Waals surface area (Å²) < 4.78 is 0. The van der Waals surface area contributed by atoms with Gasteiger partial charge in [0.15, 0.2) is 11.6 Å². The van der Waals surface area contributed by atoms with Crippen molar-refractivity contribution in [3.8, 4) is 0 Å². The summed E-state index contributed by atoms with van der Waals surface area (Å²) in [5, 5.41) is 26.8. The second-order valence-electron chi connectivity index (χ2n) is 12.8. The van der Waals surface area contributed by atoms with Crippen molar-refractivity contribution in [2.24, 2.45) is 20.5 Å². The summed E-state index contributed by atoms with van der Waals surface area (Å²) in [6.07, 6.45) is 0. The van der Waals surface area contributed by atoms with E-state index in [1.165, 1.54) is 84.9 Å². The number of anilines is 4. The highest BCUT2D eigenvalue weighted by Gasteiger charge is 2.27. The Kier molecular flexibility index (Phi) is 16.4. The average molecular weight is 998 g/mol. The van der Waals surface area contributed by atoms with E-state index in [2.05, 4.69) is 41.7 Å². The molecule has 0 radical (unpaired) electrons. The molecule has 22 heteroatoms. The zero-order valence-corrected chi connectivity index (χ0v) is 37.5. The number of Topliss-reactive ketones (excluding diaryl/α,β-unsaturated/α-hetero) is 2. The molecule has 0 saturated heterocycles. The number of nitrogens with zero attached hydrogens (tertiary/aromatic N) is 4. The summed E-state index contributed by atoms with van der Waals surface area (Å²) in [4.78, 5) is 77.5. The molecule has 0 heterocycles. The predicted molar refractivity (Wildman–Crippen MR) is 243 cm³/mol. The lowest BCUT2D eigenvalue weighted by atomic mass is 10.1. The van der Waals surface area contributed by atoms with E-state index in [1.807, 2.05) is 0 Å². The first-order chi connectivity index (χ1) is 29.3. The van der Waals surface area contributed by atoms with Gasteiger partial charge in [0.2, 0.25) is 12.1 Å². The third-order valence-corrected chi connectivity index (χ3v) is 10.2. The van der Waals surface area contributed by atoms with Gasteiger partial charge in [0.1, 0.15) is 0 Å². The van der Waals surface area contributed by atoms with E-state index in [0.717, 1.165) is 13.8 Å². The van der Waals surface area contributed by atoms with E-state index in [-0.39, 0.29) is 75.4 Å². The zero-order valence-electron chi connectivity index (χ0n) is 31.5. The minimum Gasteiger partial charge on any atom is -0.324 e. The number of carbonyl (C=O) groups excluding carboxylic acids is 6. The highest BCUT2D eigenvalue weighted by atomic mass is 35.5. The van der Waals surface area contributed by atoms with Crippen LogP contribution in [0.25, 0.3) is 0 Å². The summed E-state index contributed by atoms with van der Waals surface area (Å²) in [6, 6.07) is 16.1. The van der Waals surface area contributed by atoms with E-state index >= 15 is 0 Å². The van der Waals surface area contributed by atoms with Gasteiger partial charge < -0.3 is 21.3 Å². The van der Waals surface area contributed by atoms with Crippen LogP contribution in [-0.2, 0) is 19.2 Å². The fourth-order valence-electron chi connectivity index (χ4n) is 5.15. The zero-order chi connectivity index (χ0) is 45.4. The van der Waals surface area contributed by atoms with Crippen molar-refractivity contribution in [3.05, 3.63) is 136 Å². The van der Waals surface area contributed by atoms with Gasteiger partial charge in [0.05, 0.1) is 48.5 Å². The van der Waals surface area contributed by atoms with Crippen LogP contribution in [0.3, 0.4) is 0 Å². The lowest BCUT2D eigenvalue weighted by Crippen LogP contribution is -2.32. The first-order valence-electron chi connectivity index (χ1n) is 17.3. The number of rotatable bonds is 14. The SMILES string of the molecule is CC(=O)C(N=Nc1cc(Cl)cc(C(=O)Nc2ccc(Cl)cc2Cl)c1)C(=O)Nc1cc(Cl)c(NC(=O)C(N=Nc2cc(Cl)cc(C(=O)Nc3ccc(Cl)cc3Cl)c2)C(C)=O)c(Cl)c1. The largest absolute Gasteiger partial charge is 0.324 e. The Bertz CT molecular complexity index is 2690. The van der Waals surface area contributed by atoms with Crippen molar-refractivity contribution in [2.45, 2.75) is 25.9 Å². The molecule has 0 aliphatic heterocycles. The van der Waals surface area contributed by atoms with Gasteiger partial charge in [-0.05, 0) is 98.8 Å². The Hall–Kier alpha value is -5.16. The van der Waals surface area contributed by atoms with Crippen molar-refractivity contribution >= 4 is 162 Å². The second-order valence-corrected chi connectivity index (χ2v) is 16.2. The summed E-state index contributed by atoms with van der Waals surface area (Å²) in [5.41, 5.74) is 0.605. The van der Waals surface area contributed by atoms with Gasteiger partial charge in [0, 0.05) is 36.9 Å². The number of halogens is 8. The smallest absolute Gasteiger partial charge is 0.258 e. The molecular weight excluding hydrogens is 972 g/mol. The Balaban J connectivity index is 1.26. The van der Waals surface area contributed by atoms with Crippen LogP contribution in [0.2, 0.25) is 40.2 Å². The van der Waals surface area contributed by atoms with E-state index in [4.69, 9.17) is 92.8 Å². The monoisotopic (exact) mass is 994 g/mol. The minimum atomic E-state index is -1.71. The van der Waals surface area contributed by atoms with Gasteiger partial charge >= 0.3 is 0 Å². The Morgan fingerprint density at radius 3 is 1.24 bits per heavy atom. The highest BCUT2D eigenvalue weighted by Crippen LogP contribution is 2.35. The quantitative estimate of drug-likeness (QED) is 0.0630. The standard InChI is InChI=1S/C40H26Cl8N8O6/c1-17(57)34(55-53-26-9-19(7-23(43)11-26)37(59)50-32-5-3-21(41)13-28(32)45)39(61)49-25-15-30(47)36(31(48)16-25)52-40(62)35(18(2)58)56-54-27-10-20(8-24(44)12-27)38(60)51-33-6-4-22(42)14-29(33)46/h3-16,34-35H,1-2H3,(H,49,61)(H,50,59)(H,51,60)(H,52,62). The molecule has 14 nitrogen and oxygen atoms in total. The Morgan fingerprint density at radius 2 is 0.855 bits per heavy atom. The first-order valence-corrected chi connectivity index (χ1v) is 20.4. The van der Waals surface area contributed by atoms with E-state index < -0.39 is 47.3 Å². The maximum absolute atomic E-state index is 13.3. The molecule has 0 aliphatic rings. The number of benzene rings is 5. The number of carbonyl (C=O) groups is 6. The second kappa shape index (κ2) is 21.3. The fourth-order valence-corrected chi connectivity index (χ4v) is 7.10. The fraction of sp³-hybridized carbons (Fsp3) is 0.100. The Morgan fingerprint density at radius 1 is 0.452 bits per heavy atom. The summed E-state index contributed by atoms with van der Waals surface area (Å²) >= 11 is 49.5. The van der Waals surface area contributed by atoms with Crippen LogP contribution in [0.5, 0.6) is 0 Å². The van der Waals surface area contributed by atoms with Crippen LogP contribution in [0, 0.1) is 0 Å². The van der Waals surface area contributed by atoms with Gasteiger partial charge in [-0.15, -0.1) is 0 Å². The van der Waals surface area contributed by atoms with E-state index in [9.17, 15) is 28.8 Å². The molecule has 5 rings (SSSR count).